The number of hydrazone groups is 1. The number of aromatic nitrogens is 3. The average Bonchev–Trinajstić information content (AvgIpc) is 3.06. The summed E-state index contributed by atoms with van der Waals surface area (Å²) in [4.78, 5) is 28.0. The van der Waals surface area contributed by atoms with Crippen molar-refractivity contribution in [2.45, 2.75) is 26.9 Å². The first-order chi connectivity index (χ1) is 16.5. The second-order valence-electron chi connectivity index (χ2n) is 7.79. The number of nitro benzene ring substituents is 1. The number of hydrogen-bond donors (Lipinski definition) is 1. The number of fused-ring (bicyclic) bond motifs is 1. The van der Waals surface area contributed by atoms with Crippen molar-refractivity contribution < 1.29 is 18.1 Å². The van der Waals surface area contributed by atoms with Crippen LogP contribution in [0.1, 0.15) is 28.3 Å². The van der Waals surface area contributed by atoms with Gasteiger partial charge in [0.1, 0.15) is 11.5 Å². The topological polar surface area (TPSA) is 107 Å². The van der Waals surface area contributed by atoms with Crippen molar-refractivity contribution in [3.8, 4) is 0 Å². The van der Waals surface area contributed by atoms with Gasteiger partial charge in [-0.05, 0) is 51.1 Å². The number of benzene rings is 2. The highest BCUT2D eigenvalue weighted by Crippen LogP contribution is 2.35. The van der Waals surface area contributed by atoms with E-state index in [0.717, 1.165) is 12.1 Å². The van der Waals surface area contributed by atoms with Gasteiger partial charge in [-0.3, -0.25) is 25.0 Å². The Morgan fingerprint density at radius 2 is 1.80 bits per heavy atom. The maximum atomic E-state index is 13.2. The number of hydrogen-bond acceptors (Lipinski definition) is 6. The van der Waals surface area contributed by atoms with Gasteiger partial charge in [-0.15, -0.1) is 0 Å². The summed E-state index contributed by atoms with van der Waals surface area (Å²) in [5.41, 5.74) is 2.60. The first-order valence-electron chi connectivity index (χ1n) is 10.3. The lowest BCUT2D eigenvalue weighted by Crippen LogP contribution is -2.30. The number of nitrogens with zero attached hydrogens (tertiary/aromatic N) is 5. The number of para-hydroxylation sites is 1. The summed E-state index contributed by atoms with van der Waals surface area (Å²) in [6, 6.07) is 10.9. The zero-order chi connectivity index (χ0) is 25.5. The molecule has 2 heterocycles. The van der Waals surface area contributed by atoms with E-state index in [1.807, 2.05) is 0 Å². The molecule has 4 rings (SSSR count). The van der Waals surface area contributed by atoms with Crippen molar-refractivity contribution in [2.75, 3.05) is 5.43 Å². The van der Waals surface area contributed by atoms with Gasteiger partial charge < -0.3 is 0 Å². The summed E-state index contributed by atoms with van der Waals surface area (Å²) in [7, 11) is 0. The largest absolute Gasteiger partial charge is 0.416 e. The van der Waals surface area contributed by atoms with Crippen molar-refractivity contribution in [1.29, 1.82) is 0 Å². The molecule has 0 fully saturated rings. The van der Waals surface area contributed by atoms with Crippen molar-refractivity contribution in [2.24, 2.45) is 5.10 Å². The lowest BCUT2D eigenvalue weighted by Gasteiger charge is -2.16. The van der Waals surface area contributed by atoms with Gasteiger partial charge in [0, 0.05) is 23.0 Å². The van der Waals surface area contributed by atoms with Crippen molar-refractivity contribution >= 4 is 28.5 Å². The number of rotatable bonds is 5. The molecule has 0 aliphatic carbocycles. The monoisotopic (exact) mass is 484 g/mol. The van der Waals surface area contributed by atoms with Crippen molar-refractivity contribution in [3.63, 3.8) is 0 Å². The highest BCUT2D eigenvalue weighted by Gasteiger charge is 2.33. The number of anilines is 1. The number of nitrogens with one attached hydrogen (secondary N) is 1. The molecule has 9 nitrogen and oxygen atoms in total. The molecule has 0 bridgehead atoms. The van der Waals surface area contributed by atoms with E-state index < -0.39 is 22.4 Å². The lowest BCUT2D eigenvalue weighted by molar-refractivity contribution is -0.384. The molecule has 35 heavy (non-hydrogen) atoms. The highest BCUT2D eigenvalue weighted by molar-refractivity contribution is 5.83. The van der Waals surface area contributed by atoms with E-state index in [1.165, 1.54) is 10.9 Å². The molecule has 0 unspecified atom stereocenters. The number of alkyl halides is 3. The Bertz CT molecular complexity index is 1550. The van der Waals surface area contributed by atoms with Crippen LogP contribution in [0.5, 0.6) is 0 Å². The minimum absolute atomic E-state index is 0.196. The molecule has 0 aliphatic rings. The molecule has 0 atom stereocenters. The SMILES string of the molecule is Cc1cc(C=NNc2ccc(C(F)(F)F)cc2[N+](=O)[O-])c(C)n1-n1c(C)nc2ccccc2c1=O. The van der Waals surface area contributed by atoms with Crippen LogP contribution >= 0.6 is 0 Å². The van der Waals surface area contributed by atoms with Crippen LogP contribution in [0.2, 0.25) is 0 Å². The highest BCUT2D eigenvalue weighted by atomic mass is 19.4. The van der Waals surface area contributed by atoms with Crippen LogP contribution in [-0.2, 0) is 6.18 Å². The first-order valence-corrected chi connectivity index (χ1v) is 10.3. The number of halogens is 3. The van der Waals surface area contributed by atoms with Crippen LogP contribution in [0.3, 0.4) is 0 Å². The Labute approximate surface area is 196 Å². The van der Waals surface area contributed by atoms with Crippen LogP contribution in [0.15, 0.2) is 58.4 Å². The van der Waals surface area contributed by atoms with Crippen LogP contribution in [0, 0.1) is 30.9 Å². The standard InChI is InChI=1S/C23H19F3N6O3/c1-13-10-16(12-27-29-20-9-8-17(23(24,25)26)11-21(20)32(34)35)14(2)30(13)31-15(3)28-19-7-5-4-6-18(19)22(31)33/h4-12,29H,1-3H3. The van der Waals surface area contributed by atoms with E-state index in [1.54, 1.807) is 55.8 Å². The molecule has 12 heteroatoms. The molecule has 0 aliphatic heterocycles. The Morgan fingerprint density at radius 3 is 2.49 bits per heavy atom. The maximum absolute atomic E-state index is 13.2. The van der Waals surface area contributed by atoms with E-state index in [2.05, 4.69) is 15.5 Å². The predicted octanol–water partition coefficient (Wildman–Crippen LogP) is 4.81. The van der Waals surface area contributed by atoms with Gasteiger partial charge in [0.2, 0.25) is 0 Å². The Hall–Kier alpha value is -4.48. The predicted molar refractivity (Wildman–Crippen MR) is 125 cm³/mol. The summed E-state index contributed by atoms with van der Waals surface area (Å²) in [6.07, 6.45) is -3.34. The van der Waals surface area contributed by atoms with E-state index in [-0.39, 0.29) is 11.2 Å². The van der Waals surface area contributed by atoms with Crippen LogP contribution in [0.25, 0.3) is 10.9 Å². The molecule has 0 amide bonds. The molecule has 0 radical (unpaired) electrons. The normalized spacial score (nSPS) is 11.9. The summed E-state index contributed by atoms with van der Waals surface area (Å²) in [5, 5.41) is 15.7. The fraction of sp³-hybridized carbons (Fsp3) is 0.174. The average molecular weight is 484 g/mol. The minimum atomic E-state index is -4.71. The van der Waals surface area contributed by atoms with Crippen molar-refractivity contribution in [1.82, 2.24) is 14.3 Å². The third-order valence-corrected chi connectivity index (χ3v) is 5.46. The molecular formula is C23H19F3N6O3. The molecule has 2 aromatic heterocycles. The third kappa shape index (κ3) is 4.37. The second-order valence-corrected chi connectivity index (χ2v) is 7.79. The molecule has 180 valence electrons. The number of aryl methyl sites for hydroxylation is 2. The van der Waals surface area contributed by atoms with E-state index in [4.69, 9.17) is 0 Å². The third-order valence-electron chi connectivity index (χ3n) is 5.46. The van der Waals surface area contributed by atoms with Crippen LogP contribution < -0.4 is 11.0 Å². The molecule has 0 spiro atoms. The van der Waals surface area contributed by atoms with Crippen LogP contribution in [0.4, 0.5) is 24.5 Å². The van der Waals surface area contributed by atoms with E-state index in [0.29, 0.717) is 39.7 Å². The quantitative estimate of drug-likeness (QED) is 0.249. The minimum Gasteiger partial charge on any atom is -0.272 e. The second kappa shape index (κ2) is 8.70. The van der Waals surface area contributed by atoms with Gasteiger partial charge in [0.15, 0.2) is 0 Å². The molecule has 4 aromatic rings. The Morgan fingerprint density at radius 1 is 1.09 bits per heavy atom. The van der Waals surface area contributed by atoms with E-state index in [9.17, 15) is 28.1 Å². The van der Waals surface area contributed by atoms with Gasteiger partial charge in [-0.1, -0.05) is 12.1 Å². The van der Waals surface area contributed by atoms with Gasteiger partial charge in [-0.25, -0.2) is 4.98 Å². The van der Waals surface area contributed by atoms with Gasteiger partial charge >= 0.3 is 6.18 Å². The summed E-state index contributed by atoms with van der Waals surface area (Å²) >= 11 is 0. The fourth-order valence-electron chi connectivity index (χ4n) is 3.81. The molecule has 0 saturated heterocycles. The smallest absolute Gasteiger partial charge is 0.272 e. The fourth-order valence-corrected chi connectivity index (χ4v) is 3.81. The van der Waals surface area contributed by atoms with Gasteiger partial charge in [0.25, 0.3) is 11.2 Å². The maximum Gasteiger partial charge on any atom is 0.416 e. The summed E-state index contributed by atoms with van der Waals surface area (Å²) in [6.45, 7) is 5.27. The van der Waals surface area contributed by atoms with Crippen LogP contribution in [-0.4, -0.2) is 25.5 Å². The molecule has 2 aromatic carbocycles. The first kappa shape index (κ1) is 23.7. The summed E-state index contributed by atoms with van der Waals surface area (Å²) < 4.78 is 41.8. The Kier molecular flexibility index (Phi) is 5.89. The molecule has 1 N–H and O–H groups in total. The number of nitro groups is 1. The zero-order valence-electron chi connectivity index (χ0n) is 18.8. The zero-order valence-corrected chi connectivity index (χ0v) is 18.8. The molecular weight excluding hydrogens is 465 g/mol. The Balaban J connectivity index is 1.69. The van der Waals surface area contributed by atoms with Gasteiger partial charge in [0.05, 0.1) is 27.6 Å². The lowest BCUT2D eigenvalue weighted by atomic mass is 10.1. The van der Waals surface area contributed by atoms with Gasteiger partial charge in [-0.2, -0.15) is 22.9 Å². The summed E-state index contributed by atoms with van der Waals surface area (Å²) in [5.74, 6) is 0.470. The molecule has 0 saturated carbocycles. The van der Waals surface area contributed by atoms with E-state index >= 15 is 0 Å². The van der Waals surface area contributed by atoms with Crippen molar-refractivity contribution in [3.05, 3.63) is 97.3 Å².